The molecule has 4 heterocycles. The zero-order valence-corrected chi connectivity index (χ0v) is 20.7. The Balaban J connectivity index is 0.00000241. The number of aryl methyl sites for hydroxylation is 2. The molecule has 170 valence electrons. The van der Waals surface area contributed by atoms with E-state index in [9.17, 15) is 5.11 Å². The van der Waals surface area contributed by atoms with Crippen LogP contribution in [-0.4, -0.2) is 24.6 Å². The fourth-order valence-electron chi connectivity index (χ4n) is 4.26. The minimum absolute atomic E-state index is 0. The summed E-state index contributed by atoms with van der Waals surface area (Å²) in [6.07, 6.45) is 3.42. The number of pyridine rings is 3. The van der Waals surface area contributed by atoms with Crippen molar-refractivity contribution in [3.8, 4) is 23.2 Å². The number of aromatic nitrogens is 4. The number of aromatic hydroxyl groups is 1. The van der Waals surface area contributed by atoms with E-state index >= 15 is 0 Å². The maximum absolute atomic E-state index is 10.1. The third kappa shape index (κ3) is 3.60. The summed E-state index contributed by atoms with van der Waals surface area (Å²) in [5, 5.41) is 12.3. The minimum atomic E-state index is 0. The van der Waals surface area contributed by atoms with Gasteiger partial charge in [-0.05, 0) is 42.5 Å². The second kappa shape index (κ2) is 8.54. The normalized spacial score (nSPS) is 11.1. The number of ether oxygens (including phenoxy) is 1. The van der Waals surface area contributed by atoms with E-state index in [2.05, 4.69) is 45.7 Å². The largest absolute Gasteiger partial charge is 0.506 e. The van der Waals surface area contributed by atoms with Gasteiger partial charge in [0.25, 0.3) is 0 Å². The molecule has 34 heavy (non-hydrogen) atoms. The molecule has 0 spiro atoms. The van der Waals surface area contributed by atoms with E-state index in [1.807, 2.05) is 37.4 Å². The van der Waals surface area contributed by atoms with E-state index in [1.54, 1.807) is 18.3 Å². The van der Waals surface area contributed by atoms with Gasteiger partial charge in [0.2, 0.25) is 5.88 Å². The van der Waals surface area contributed by atoms with Gasteiger partial charge in [-0.1, -0.05) is 29.8 Å². The summed E-state index contributed by atoms with van der Waals surface area (Å²) in [4.78, 5) is 13.4. The Morgan fingerprint density at radius 1 is 0.941 bits per heavy atom. The molecule has 0 aliphatic heterocycles. The van der Waals surface area contributed by atoms with Crippen LogP contribution in [0.1, 0.15) is 11.1 Å². The summed E-state index contributed by atoms with van der Waals surface area (Å²) in [6, 6.07) is 22.7. The molecule has 0 aliphatic carbocycles. The van der Waals surface area contributed by atoms with Crippen molar-refractivity contribution in [3.05, 3.63) is 90.3 Å². The van der Waals surface area contributed by atoms with Crippen LogP contribution in [0.25, 0.3) is 38.7 Å². The van der Waals surface area contributed by atoms with Gasteiger partial charge in [-0.3, -0.25) is 4.98 Å². The SMILES string of the molecule is Cc1cnc(-n2c3[c-]c(Oc4ccc5nccc(O)c5n4)ccc3c3ccccc32)c(C)c1.[Pt]. The number of hydrogen-bond acceptors (Lipinski definition) is 5. The predicted molar refractivity (Wildman–Crippen MR) is 128 cm³/mol. The molecule has 0 bridgehead atoms. The van der Waals surface area contributed by atoms with Crippen molar-refractivity contribution in [3.63, 3.8) is 0 Å². The number of para-hydroxylation sites is 1. The number of benzene rings is 2. The van der Waals surface area contributed by atoms with Crippen LogP contribution in [0.2, 0.25) is 0 Å². The molecule has 7 heteroatoms. The van der Waals surface area contributed by atoms with Gasteiger partial charge in [-0.25, -0.2) is 9.97 Å². The first-order valence-electron chi connectivity index (χ1n) is 10.6. The smallest absolute Gasteiger partial charge is 0.217 e. The predicted octanol–water partition coefficient (Wildman–Crippen LogP) is 6.03. The van der Waals surface area contributed by atoms with Crippen molar-refractivity contribution >= 4 is 32.8 Å². The molecule has 0 radical (unpaired) electrons. The van der Waals surface area contributed by atoms with Crippen LogP contribution in [0.5, 0.6) is 17.4 Å². The molecule has 0 unspecified atom stereocenters. The van der Waals surface area contributed by atoms with Gasteiger partial charge in [0.15, 0.2) is 0 Å². The molecule has 0 saturated carbocycles. The van der Waals surface area contributed by atoms with Gasteiger partial charge in [-0.15, -0.1) is 17.5 Å². The number of nitrogens with zero attached hydrogens (tertiary/aromatic N) is 4. The topological polar surface area (TPSA) is 73.1 Å². The van der Waals surface area contributed by atoms with Gasteiger partial charge < -0.3 is 14.4 Å². The Morgan fingerprint density at radius 3 is 2.65 bits per heavy atom. The maximum atomic E-state index is 10.1. The molecule has 6 nitrogen and oxygen atoms in total. The van der Waals surface area contributed by atoms with Gasteiger partial charge in [0, 0.05) is 56.9 Å². The van der Waals surface area contributed by atoms with Crippen molar-refractivity contribution < 1.29 is 30.9 Å². The number of rotatable bonds is 3. The van der Waals surface area contributed by atoms with E-state index < -0.39 is 0 Å². The molecule has 0 aliphatic rings. The van der Waals surface area contributed by atoms with Crippen LogP contribution in [0.3, 0.4) is 0 Å². The zero-order chi connectivity index (χ0) is 22.5. The Bertz CT molecular complexity index is 1690. The summed E-state index contributed by atoms with van der Waals surface area (Å²) in [6.45, 7) is 4.10. The molecule has 0 atom stereocenters. The zero-order valence-electron chi connectivity index (χ0n) is 18.4. The monoisotopic (exact) mass is 626 g/mol. The fourth-order valence-corrected chi connectivity index (χ4v) is 4.26. The van der Waals surface area contributed by atoms with Crippen molar-refractivity contribution in [1.29, 1.82) is 0 Å². The van der Waals surface area contributed by atoms with Crippen LogP contribution >= 0.6 is 0 Å². The first kappa shape index (κ1) is 22.1. The molecule has 6 aromatic rings. The molecule has 0 saturated heterocycles. The van der Waals surface area contributed by atoms with Crippen LogP contribution < -0.4 is 4.74 Å². The quantitative estimate of drug-likeness (QED) is 0.243. The van der Waals surface area contributed by atoms with Gasteiger partial charge in [0.1, 0.15) is 17.1 Å². The van der Waals surface area contributed by atoms with Gasteiger partial charge in [0.05, 0.1) is 5.52 Å². The molecule has 0 amide bonds. The molecule has 1 N–H and O–H groups in total. The third-order valence-corrected chi connectivity index (χ3v) is 5.71. The molecule has 4 aromatic heterocycles. The minimum Gasteiger partial charge on any atom is -0.506 e. The van der Waals surface area contributed by atoms with E-state index in [4.69, 9.17) is 9.72 Å². The van der Waals surface area contributed by atoms with E-state index in [1.165, 1.54) is 6.07 Å². The van der Waals surface area contributed by atoms with Gasteiger partial charge in [-0.2, -0.15) is 6.07 Å². The Hall–Kier alpha value is -3.76. The average Bonchev–Trinajstić information content (AvgIpc) is 3.13. The third-order valence-electron chi connectivity index (χ3n) is 5.71. The van der Waals surface area contributed by atoms with E-state index in [-0.39, 0.29) is 26.8 Å². The Morgan fingerprint density at radius 2 is 1.79 bits per heavy atom. The molecular weight excluding hydrogens is 607 g/mol. The molecule has 2 aromatic carbocycles. The molecule has 0 fully saturated rings. The molecular formula is C27H19N4O2Pt-. The number of fused-ring (bicyclic) bond motifs is 4. The molecule has 6 rings (SSSR count). The Labute approximate surface area is 210 Å². The van der Waals surface area contributed by atoms with Crippen molar-refractivity contribution in [2.75, 3.05) is 0 Å². The summed E-state index contributed by atoms with van der Waals surface area (Å²) < 4.78 is 8.17. The average molecular weight is 627 g/mol. The Kier molecular flexibility index (Phi) is 5.54. The van der Waals surface area contributed by atoms with Crippen molar-refractivity contribution in [2.45, 2.75) is 13.8 Å². The van der Waals surface area contributed by atoms with Crippen LogP contribution in [0.4, 0.5) is 0 Å². The van der Waals surface area contributed by atoms with Crippen LogP contribution in [0, 0.1) is 19.9 Å². The van der Waals surface area contributed by atoms with E-state index in [0.717, 1.165) is 38.8 Å². The van der Waals surface area contributed by atoms with Gasteiger partial charge >= 0.3 is 0 Å². The van der Waals surface area contributed by atoms with E-state index in [0.29, 0.717) is 22.7 Å². The van der Waals surface area contributed by atoms with Crippen LogP contribution in [-0.2, 0) is 21.1 Å². The standard InChI is InChI=1S/C27H19N4O2.Pt/c1-16-13-17(2)27(29-15-16)31-22-6-4-3-5-19(22)20-8-7-18(14-23(20)31)33-25-10-9-21-26(30-25)24(32)11-12-28-21;/h3-13,15H,1-2H3,(H,28,32);/q-1;. The second-order valence-corrected chi connectivity index (χ2v) is 8.04. The first-order chi connectivity index (χ1) is 16.1. The summed E-state index contributed by atoms with van der Waals surface area (Å²) >= 11 is 0. The maximum Gasteiger partial charge on any atom is 0.217 e. The summed E-state index contributed by atoms with van der Waals surface area (Å²) in [5.41, 5.74) is 5.12. The van der Waals surface area contributed by atoms with Crippen molar-refractivity contribution in [2.24, 2.45) is 0 Å². The fraction of sp³-hybridized carbons (Fsp3) is 0.0741. The first-order valence-corrected chi connectivity index (χ1v) is 10.6. The number of hydrogen-bond donors (Lipinski definition) is 1. The summed E-state index contributed by atoms with van der Waals surface area (Å²) in [7, 11) is 0. The second-order valence-electron chi connectivity index (χ2n) is 8.04. The summed E-state index contributed by atoms with van der Waals surface area (Å²) in [5.74, 6) is 1.80. The van der Waals surface area contributed by atoms with Crippen LogP contribution in [0.15, 0.2) is 73.1 Å². The van der Waals surface area contributed by atoms with Crippen molar-refractivity contribution in [1.82, 2.24) is 19.5 Å².